The van der Waals surface area contributed by atoms with Gasteiger partial charge in [-0.1, -0.05) is 12.1 Å². The van der Waals surface area contributed by atoms with E-state index in [4.69, 9.17) is 10.2 Å². The van der Waals surface area contributed by atoms with Gasteiger partial charge in [0, 0.05) is 17.0 Å². The summed E-state index contributed by atoms with van der Waals surface area (Å²) in [5.41, 5.74) is 6.82. The maximum Gasteiger partial charge on any atom is 0.169 e. The van der Waals surface area contributed by atoms with Gasteiger partial charge in [0.05, 0.1) is 6.26 Å². The molecule has 2 rings (SSSR count). The summed E-state index contributed by atoms with van der Waals surface area (Å²) in [5, 5.41) is 0.759. The Balaban J connectivity index is 0.000000980. The molecule has 1 aromatic heterocycles. The molecule has 0 saturated carbocycles. The van der Waals surface area contributed by atoms with Gasteiger partial charge in [0.25, 0.3) is 0 Å². The maximum absolute atomic E-state index is 13.1. The van der Waals surface area contributed by atoms with Crippen LogP contribution in [-0.4, -0.2) is 0 Å². The summed E-state index contributed by atoms with van der Waals surface area (Å²) in [4.78, 5) is 0. The lowest BCUT2D eigenvalue weighted by Gasteiger charge is -2.00. The summed E-state index contributed by atoms with van der Waals surface area (Å²) in [6.45, 7) is 1.84. The van der Waals surface area contributed by atoms with Crippen molar-refractivity contribution in [3.8, 4) is 0 Å². The van der Waals surface area contributed by atoms with Crippen molar-refractivity contribution in [3.05, 3.63) is 35.8 Å². The van der Waals surface area contributed by atoms with E-state index < -0.39 is 0 Å². The van der Waals surface area contributed by atoms with Crippen LogP contribution in [0.15, 0.2) is 28.9 Å². The number of nitrogens with two attached hydrogens (primary N) is 1. The first-order chi connectivity index (χ1) is 6.20. The van der Waals surface area contributed by atoms with Crippen LogP contribution in [0.4, 0.5) is 4.39 Å². The van der Waals surface area contributed by atoms with Gasteiger partial charge >= 0.3 is 0 Å². The molecule has 0 saturated heterocycles. The first kappa shape index (κ1) is 11.0. The largest absolute Gasteiger partial charge is 0.461 e. The number of fused-ring (bicyclic) bond motifs is 1. The molecule has 0 amide bonds. The Morgan fingerprint density at radius 2 is 2.14 bits per heavy atom. The van der Waals surface area contributed by atoms with Crippen molar-refractivity contribution < 1.29 is 8.81 Å². The Hall–Kier alpha value is -1.06. The van der Waals surface area contributed by atoms with Gasteiger partial charge in [-0.25, -0.2) is 4.39 Å². The molecule has 2 N–H and O–H groups in total. The molecule has 0 spiro atoms. The number of benzene rings is 1. The Morgan fingerprint density at radius 1 is 1.43 bits per heavy atom. The highest BCUT2D eigenvalue weighted by Crippen LogP contribution is 2.26. The fourth-order valence-corrected chi connectivity index (χ4v) is 1.39. The number of halogens is 2. The maximum atomic E-state index is 13.1. The zero-order valence-electron chi connectivity index (χ0n) is 7.66. The highest BCUT2D eigenvalue weighted by molar-refractivity contribution is 5.85. The normalized spacial score (nSPS) is 12.5. The van der Waals surface area contributed by atoms with E-state index >= 15 is 0 Å². The number of para-hydroxylation sites is 1. The van der Waals surface area contributed by atoms with E-state index in [2.05, 4.69) is 0 Å². The average molecular weight is 216 g/mol. The van der Waals surface area contributed by atoms with Crippen LogP contribution in [0.3, 0.4) is 0 Å². The molecule has 76 valence electrons. The van der Waals surface area contributed by atoms with Gasteiger partial charge in [-0.05, 0) is 13.0 Å². The van der Waals surface area contributed by atoms with Crippen molar-refractivity contribution in [2.45, 2.75) is 13.0 Å². The molecule has 0 aliphatic carbocycles. The predicted octanol–water partition coefficient (Wildman–Crippen LogP) is 3.01. The van der Waals surface area contributed by atoms with Gasteiger partial charge in [-0.3, -0.25) is 0 Å². The molecule has 4 heteroatoms. The topological polar surface area (TPSA) is 39.2 Å². The summed E-state index contributed by atoms with van der Waals surface area (Å²) in [6, 6.07) is 4.69. The van der Waals surface area contributed by atoms with Gasteiger partial charge in [-0.2, -0.15) is 0 Å². The fraction of sp³-hybridized carbons (Fsp3) is 0.200. The van der Waals surface area contributed by atoms with E-state index in [1.54, 1.807) is 12.1 Å². The van der Waals surface area contributed by atoms with Crippen LogP contribution in [0.1, 0.15) is 18.5 Å². The smallest absolute Gasteiger partial charge is 0.169 e. The summed E-state index contributed by atoms with van der Waals surface area (Å²) >= 11 is 0. The molecule has 0 unspecified atom stereocenters. The number of hydrogen-bond acceptors (Lipinski definition) is 2. The van der Waals surface area contributed by atoms with Crippen LogP contribution >= 0.6 is 12.4 Å². The van der Waals surface area contributed by atoms with Gasteiger partial charge in [0.2, 0.25) is 0 Å². The van der Waals surface area contributed by atoms with Crippen LogP contribution < -0.4 is 5.73 Å². The fourth-order valence-electron chi connectivity index (χ4n) is 1.39. The molecule has 14 heavy (non-hydrogen) atoms. The summed E-state index contributed by atoms with van der Waals surface area (Å²) in [6.07, 6.45) is 1.51. The van der Waals surface area contributed by atoms with Crippen LogP contribution in [0.5, 0.6) is 0 Å². The van der Waals surface area contributed by atoms with E-state index in [0.717, 1.165) is 10.9 Å². The summed E-state index contributed by atoms with van der Waals surface area (Å²) in [5.74, 6) is -0.343. The lowest BCUT2D eigenvalue weighted by atomic mass is 10.1. The van der Waals surface area contributed by atoms with Crippen LogP contribution in [0.2, 0.25) is 0 Å². The Bertz CT molecular complexity index is 439. The molecule has 1 aromatic carbocycles. The lowest BCUT2D eigenvalue weighted by molar-refractivity contribution is 0.556. The average Bonchev–Trinajstić information content (AvgIpc) is 2.48. The predicted molar refractivity (Wildman–Crippen MR) is 56.0 cm³/mol. The molecular formula is C10H11ClFNO. The number of rotatable bonds is 1. The Morgan fingerprint density at radius 3 is 2.79 bits per heavy atom. The quantitative estimate of drug-likeness (QED) is 0.794. The third-order valence-electron chi connectivity index (χ3n) is 2.07. The monoisotopic (exact) mass is 215 g/mol. The molecule has 1 atom stereocenters. The van der Waals surface area contributed by atoms with E-state index in [0.29, 0.717) is 0 Å². The van der Waals surface area contributed by atoms with Gasteiger partial charge in [0.1, 0.15) is 0 Å². The van der Waals surface area contributed by atoms with Crippen molar-refractivity contribution in [2.24, 2.45) is 5.73 Å². The minimum Gasteiger partial charge on any atom is -0.461 e. The van der Waals surface area contributed by atoms with Gasteiger partial charge in [0.15, 0.2) is 11.4 Å². The van der Waals surface area contributed by atoms with Crippen molar-refractivity contribution in [1.82, 2.24) is 0 Å². The Kier molecular flexibility index (Phi) is 3.13. The van der Waals surface area contributed by atoms with E-state index in [-0.39, 0.29) is 29.8 Å². The molecule has 1 heterocycles. The number of furan rings is 1. The minimum absolute atomic E-state index is 0. The summed E-state index contributed by atoms with van der Waals surface area (Å²) in [7, 11) is 0. The highest BCUT2D eigenvalue weighted by atomic mass is 35.5. The third-order valence-corrected chi connectivity index (χ3v) is 2.07. The Labute approximate surface area is 87.3 Å². The molecule has 2 aromatic rings. The molecule has 0 bridgehead atoms. The molecule has 0 radical (unpaired) electrons. The van der Waals surface area contributed by atoms with Gasteiger partial charge in [-0.15, -0.1) is 12.4 Å². The van der Waals surface area contributed by atoms with Crippen molar-refractivity contribution in [1.29, 1.82) is 0 Å². The van der Waals surface area contributed by atoms with Crippen LogP contribution in [0, 0.1) is 5.82 Å². The lowest BCUT2D eigenvalue weighted by Crippen LogP contribution is -2.03. The second-order valence-electron chi connectivity index (χ2n) is 3.10. The standard InChI is InChI=1S/C10H10FNO.ClH/c1-6(12)8-5-13-10-7(8)3-2-4-9(10)11;/h2-6H,12H2,1H3;1H/t6-;/m0./s1. The molecule has 2 nitrogen and oxygen atoms in total. The second kappa shape index (κ2) is 3.98. The van der Waals surface area contributed by atoms with Gasteiger partial charge < -0.3 is 10.2 Å². The van der Waals surface area contributed by atoms with Crippen molar-refractivity contribution >= 4 is 23.4 Å². The highest BCUT2D eigenvalue weighted by Gasteiger charge is 2.11. The first-order valence-electron chi connectivity index (χ1n) is 4.11. The van der Waals surface area contributed by atoms with Crippen LogP contribution in [-0.2, 0) is 0 Å². The van der Waals surface area contributed by atoms with Crippen LogP contribution in [0.25, 0.3) is 11.0 Å². The van der Waals surface area contributed by atoms with E-state index in [9.17, 15) is 4.39 Å². The van der Waals surface area contributed by atoms with Crippen molar-refractivity contribution in [2.75, 3.05) is 0 Å². The number of hydrogen-bond donors (Lipinski definition) is 1. The zero-order valence-corrected chi connectivity index (χ0v) is 8.48. The summed E-state index contributed by atoms with van der Waals surface area (Å²) < 4.78 is 18.2. The molecule has 0 fully saturated rings. The van der Waals surface area contributed by atoms with E-state index in [1.807, 2.05) is 6.92 Å². The third kappa shape index (κ3) is 1.61. The molecule has 0 aliphatic rings. The zero-order chi connectivity index (χ0) is 9.42. The first-order valence-corrected chi connectivity index (χ1v) is 4.11. The SMILES string of the molecule is C[C@H](N)c1coc2c(F)cccc12.Cl. The van der Waals surface area contributed by atoms with Crippen molar-refractivity contribution in [3.63, 3.8) is 0 Å². The minimum atomic E-state index is -0.343. The molecule has 0 aliphatic heterocycles. The second-order valence-corrected chi connectivity index (χ2v) is 3.10. The van der Waals surface area contributed by atoms with E-state index in [1.165, 1.54) is 12.3 Å². The molecular weight excluding hydrogens is 205 g/mol.